The maximum absolute atomic E-state index is 13.5. The predicted octanol–water partition coefficient (Wildman–Crippen LogP) is 1.89. The second kappa shape index (κ2) is 10.1. The molecule has 2 amide bonds. The molecule has 1 aromatic heterocycles. The molecule has 8 heteroatoms. The highest BCUT2D eigenvalue weighted by Crippen LogP contribution is 2.30. The van der Waals surface area contributed by atoms with Crippen LogP contribution in [0.1, 0.15) is 34.6 Å². The summed E-state index contributed by atoms with van der Waals surface area (Å²) >= 11 is 0. The molecular weight excluding hydrogens is 408 g/mol. The lowest BCUT2D eigenvalue weighted by Gasteiger charge is -2.36. The molecule has 0 saturated carbocycles. The van der Waals surface area contributed by atoms with E-state index in [4.69, 9.17) is 4.74 Å². The normalized spacial score (nSPS) is 19.4. The van der Waals surface area contributed by atoms with Crippen LogP contribution in [-0.2, 0) is 0 Å². The van der Waals surface area contributed by atoms with Crippen molar-refractivity contribution in [3.05, 3.63) is 47.7 Å². The summed E-state index contributed by atoms with van der Waals surface area (Å²) in [7, 11) is 5.27. The summed E-state index contributed by atoms with van der Waals surface area (Å²) in [5, 5.41) is 12.9. The number of aliphatic hydroxyl groups is 1. The zero-order valence-electron chi connectivity index (χ0n) is 19.3. The molecular formula is C24H32N4O4. The van der Waals surface area contributed by atoms with Gasteiger partial charge in [0.05, 0.1) is 12.6 Å². The average Bonchev–Trinajstić information content (AvgIpc) is 2.80. The number of hydrogen-bond donors (Lipinski definition) is 2. The Hall–Kier alpha value is -2.97. The molecule has 3 rings (SSSR count). The van der Waals surface area contributed by atoms with Crippen molar-refractivity contribution in [1.82, 2.24) is 20.1 Å². The maximum atomic E-state index is 13.5. The van der Waals surface area contributed by atoms with Crippen molar-refractivity contribution >= 4 is 11.8 Å². The van der Waals surface area contributed by atoms with Gasteiger partial charge in [0.1, 0.15) is 11.7 Å². The van der Waals surface area contributed by atoms with Crippen LogP contribution in [0.4, 0.5) is 0 Å². The monoisotopic (exact) mass is 440 g/mol. The van der Waals surface area contributed by atoms with Crippen LogP contribution in [0, 0.1) is 5.92 Å². The molecule has 1 aliphatic heterocycles. The Morgan fingerprint density at radius 3 is 2.75 bits per heavy atom. The Labute approximate surface area is 189 Å². The molecule has 1 aromatic carbocycles. The van der Waals surface area contributed by atoms with Gasteiger partial charge >= 0.3 is 0 Å². The SMILES string of the molecule is CNC[C@@H]1Oc2ncc(-c3cccc(C(=O)N(C)C)c3)cc2C(=O)N([C@H](C)CO)C[C@@H]1C. The molecule has 0 aliphatic carbocycles. The van der Waals surface area contributed by atoms with Crippen molar-refractivity contribution in [3.8, 4) is 17.0 Å². The molecule has 172 valence electrons. The minimum absolute atomic E-state index is 0.0451. The molecule has 32 heavy (non-hydrogen) atoms. The van der Waals surface area contributed by atoms with E-state index in [0.717, 1.165) is 5.56 Å². The number of likely N-dealkylation sites (N-methyl/N-ethyl adjacent to an activating group) is 1. The van der Waals surface area contributed by atoms with Gasteiger partial charge in [-0.15, -0.1) is 0 Å². The number of ether oxygens (including phenoxy) is 1. The number of rotatable bonds is 6. The van der Waals surface area contributed by atoms with Gasteiger partial charge in [0, 0.05) is 50.4 Å². The topological polar surface area (TPSA) is 95.0 Å². The number of carbonyl (C=O) groups is 2. The number of hydrogen-bond acceptors (Lipinski definition) is 6. The number of aromatic nitrogens is 1. The summed E-state index contributed by atoms with van der Waals surface area (Å²) in [5.74, 6) is -0.00606. The number of fused-ring (bicyclic) bond motifs is 1. The third-order valence-corrected chi connectivity index (χ3v) is 5.78. The Morgan fingerprint density at radius 1 is 1.34 bits per heavy atom. The fraction of sp³-hybridized carbons (Fsp3) is 0.458. The average molecular weight is 441 g/mol. The van der Waals surface area contributed by atoms with Crippen molar-refractivity contribution in [3.63, 3.8) is 0 Å². The van der Waals surface area contributed by atoms with Gasteiger partial charge in [-0.1, -0.05) is 19.1 Å². The molecule has 0 fully saturated rings. The number of benzene rings is 1. The van der Waals surface area contributed by atoms with Crippen LogP contribution < -0.4 is 10.1 Å². The van der Waals surface area contributed by atoms with E-state index in [1.165, 1.54) is 4.90 Å². The fourth-order valence-corrected chi connectivity index (χ4v) is 3.79. The molecule has 1 aliphatic rings. The van der Waals surface area contributed by atoms with Gasteiger partial charge in [0.2, 0.25) is 5.88 Å². The van der Waals surface area contributed by atoms with Crippen LogP contribution in [0.5, 0.6) is 5.88 Å². The van der Waals surface area contributed by atoms with E-state index < -0.39 is 0 Å². The van der Waals surface area contributed by atoms with Crippen molar-refractivity contribution in [2.45, 2.75) is 26.0 Å². The third-order valence-electron chi connectivity index (χ3n) is 5.78. The molecule has 0 bridgehead atoms. The first-order valence-electron chi connectivity index (χ1n) is 10.8. The molecule has 0 unspecified atom stereocenters. The molecule has 0 saturated heterocycles. The number of pyridine rings is 1. The van der Waals surface area contributed by atoms with Gasteiger partial charge in [0.15, 0.2) is 0 Å². The quantitative estimate of drug-likeness (QED) is 0.712. The molecule has 0 spiro atoms. The van der Waals surface area contributed by atoms with Gasteiger partial charge in [-0.2, -0.15) is 0 Å². The third kappa shape index (κ3) is 4.92. The number of nitrogens with zero attached hydrogens (tertiary/aromatic N) is 3. The Morgan fingerprint density at radius 2 is 2.09 bits per heavy atom. The number of amides is 2. The minimum Gasteiger partial charge on any atom is -0.472 e. The van der Waals surface area contributed by atoms with Crippen molar-refractivity contribution < 1.29 is 19.4 Å². The summed E-state index contributed by atoms with van der Waals surface area (Å²) in [6.07, 6.45) is 1.48. The zero-order chi connectivity index (χ0) is 23.4. The predicted molar refractivity (Wildman–Crippen MR) is 123 cm³/mol. The second-order valence-electron chi connectivity index (χ2n) is 8.54. The van der Waals surface area contributed by atoms with Crippen molar-refractivity contribution in [1.29, 1.82) is 0 Å². The minimum atomic E-state index is -0.337. The van der Waals surface area contributed by atoms with Crippen molar-refractivity contribution in [2.75, 3.05) is 40.8 Å². The largest absolute Gasteiger partial charge is 0.472 e. The summed E-state index contributed by atoms with van der Waals surface area (Å²) in [6, 6.07) is 8.66. The number of aliphatic hydroxyl groups excluding tert-OH is 1. The van der Waals surface area contributed by atoms with Gasteiger partial charge in [0.25, 0.3) is 11.8 Å². The molecule has 2 aromatic rings. The highest BCUT2D eigenvalue weighted by molar-refractivity contribution is 5.98. The highest BCUT2D eigenvalue weighted by Gasteiger charge is 2.33. The molecule has 8 nitrogen and oxygen atoms in total. The van der Waals surface area contributed by atoms with E-state index in [2.05, 4.69) is 10.3 Å². The van der Waals surface area contributed by atoms with Crippen LogP contribution >= 0.6 is 0 Å². The summed E-state index contributed by atoms with van der Waals surface area (Å²) in [6.45, 7) is 4.79. The Balaban J connectivity index is 2.07. The summed E-state index contributed by atoms with van der Waals surface area (Å²) in [5.41, 5.74) is 2.40. The molecule has 3 atom stereocenters. The van der Waals surface area contributed by atoms with Crippen LogP contribution in [0.3, 0.4) is 0 Å². The standard InChI is InChI=1S/C24H32N4O4/c1-15-13-28(16(2)14-29)24(31)20-10-19(11-26-22(20)32-21(15)12-25-3)17-7-6-8-18(9-17)23(30)27(4)5/h6-11,15-16,21,25,29H,12-14H2,1-5H3/t15-,16+,21-/m0/s1. The van der Waals surface area contributed by atoms with Gasteiger partial charge < -0.3 is 25.0 Å². The van der Waals surface area contributed by atoms with E-state index in [9.17, 15) is 14.7 Å². The first kappa shape index (κ1) is 23.7. The van der Waals surface area contributed by atoms with E-state index in [1.807, 2.05) is 33.0 Å². The number of carbonyl (C=O) groups excluding carboxylic acids is 2. The Kier molecular flexibility index (Phi) is 7.48. The first-order valence-corrected chi connectivity index (χ1v) is 10.8. The van der Waals surface area contributed by atoms with E-state index >= 15 is 0 Å². The molecule has 2 heterocycles. The van der Waals surface area contributed by atoms with Gasteiger partial charge in [-0.05, 0) is 37.7 Å². The lowest BCUT2D eigenvalue weighted by atomic mass is 9.99. The highest BCUT2D eigenvalue weighted by atomic mass is 16.5. The maximum Gasteiger partial charge on any atom is 0.259 e. The lowest BCUT2D eigenvalue weighted by Crippen LogP contribution is -2.49. The van der Waals surface area contributed by atoms with E-state index in [1.54, 1.807) is 43.4 Å². The summed E-state index contributed by atoms with van der Waals surface area (Å²) < 4.78 is 6.16. The van der Waals surface area contributed by atoms with E-state index in [0.29, 0.717) is 29.8 Å². The second-order valence-corrected chi connectivity index (χ2v) is 8.54. The van der Waals surface area contributed by atoms with Crippen molar-refractivity contribution in [2.24, 2.45) is 5.92 Å². The van der Waals surface area contributed by atoms with Gasteiger partial charge in [-0.25, -0.2) is 4.98 Å². The van der Waals surface area contributed by atoms with Gasteiger partial charge in [-0.3, -0.25) is 9.59 Å². The van der Waals surface area contributed by atoms with E-state index in [-0.39, 0.29) is 42.4 Å². The fourth-order valence-electron chi connectivity index (χ4n) is 3.79. The van der Waals surface area contributed by atoms with Crippen LogP contribution in [-0.4, -0.2) is 84.7 Å². The molecule has 0 radical (unpaired) electrons. The number of nitrogens with one attached hydrogen (secondary N) is 1. The lowest BCUT2D eigenvalue weighted by molar-refractivity contribution is 0.0404. The van der Waals surface area contributed by atoms with Crippen LogP contribution in [0.2, 0.25) is 0 Å². The Bertz CT molecular complexity index is 978. The zero-order valence-corrected chi connectivity index (χ0v) is 19.3. The van der Waals surface area contributed by atoms with Crippen LogP contribution in [0.25, 0.3) is 11.1 Å². The molecule has 2 N–H and O–H groups in total. The smallest absolute Gasteiger partial charge is 0.259 e. The first-order chi connectivity index (χ1) is 15.3. The van der Waals surface area contributed by atoms with Crippen LogP contribution in [0.15, 0.2) is 36.5 Å². The summed E-state index contributed by atoms with van der Waals surface area (Å²) in [4.78, 5) is 33.5.